The van der Waals surface area contributed by atoms with Crippen LogP contribution in [0, 0.1) is 11.8 Å². The second kappa shape index (κ2) is 4.24. The first-order valence-electron chi connectivity index (χ1n) is 5.05. The molecule has 2 rings (SSSR count). The molecule has 0 N–H and O–H groups in total. The van der Waals surface area contributed by atoms with Crippen molar-refractivity contribution in [3.8, 4) is 0 Å². The van der Waals surface area contributed by atoms with Crippen molar-refractivity contribution in [3.63, 3.8) is 0 Å². The van der Waals surface area contributed by atoms with Gasteiger partial charge in [0.15, 0.2) is 0 Å². The molecule has 3 atom stereocenters. The molecule has 0 heterocycles. The second-order valence-electron chi connectivity index (χ2n) is 4.23. The quantitative estimate of drug-likeness (QED) is 0.720. The number of hydrogen-bond acceptors (Lipinski definition) is 0. The van der Waals surface area contributed by atoms with Crippen LogP contribution in [0.1, 0.15) is 18.9 Å². The smallest absolute Gasteiger partial charge is 0.0408 e. The standard InChI is InChI=1S/C12H14BrCl/c1-8-5-11(8)12(13)7-9-3-2-4-10(14)6-9/h2-4,6,8,11-12H,5,7H2,1H3. The zero-order chi connectivity index (χ0) is 10.1. The van der Waals surface area contributed by atoms with E-state index in [9.17, 15) is 0 Å². The van der Waals surface area contributed by atoms with Crippen LogP contribution in [0.25, 0.3) is 0 Å². The third kappa shape index (κ3) is 2.52. The molecule has 1 aliphatic carbocycles. The third-order valence-electron chi connectivity index (χ3n) is 2.96. The van der Waals surface area contributed by atoms with Gasteiger partial charge in [0.05, 0.1) is 0 Å². The molecule has 1 fully saturated rings. The molecular formula is C12H14BrCl. The molecule has 76 valence electrons. The topological polar surface area (TPSA) is 0 Å². The summed E-state index contributed by atoms with van der Waals surface area (Å²) < 4.78 is 0. The van der Waals surface area contributed by atoms with Crippen LogP contribution >= 0.6 is 27.5 Å². The molecule has 1 aromatic rings. The van der Waals surface area contributed by atoms with Gasteiger partial charge in [-0.2, -0.15) is 0 Å². The predicted octanol–water partition coefficient (Wildman–Crippen LogP) is 4.30. The van der Waals surface area contributed by atoms with Gasteiger partial charge in [0.25, 0.3) is 0 Å². The number of hydrogen-bond donors (Lipinski definition) is 0. The third-order valence-corrected chi connectivity index (χ3v) is 4.19. The normalized spacial score (nSPS) is 27.4. The molecule has 0 radical (unpaired) electrons. The lowest BCUT2D eigenvalue weighted by atomic mass is 10.1. The van der Waals surface area contributed by atoms with E-state index in [4.69, 9.17) is 11.6 Å². The Morgan fingerprint density at radius 2 is 2.29 bits per heavy atom. The fourth-order valence-corrected chi connectivity index (χ4v) is 3.22. The van der Waals surface area contributed by atoms with Crippen LogP contribution in [-0.2, 0) is 6.42 Å². The molecular weight excluding hydrogens is 259 g/mol. The summed E-state index contributed by atoms with van der Waals surface area (Å²) >= 11 is 9.70. The SMILES string of the molecule is CC1CC1C(Br)Cc1cccc(Cl)c1. The monoisotopic (exact) mass is 272 g/mol. The average molecular weight is 274 g/mol. The summed E-state index contributed by atoms with van der Waals surface area (Å²) in [6.07, 6.45) is 2.46. The predicted molar refractivity (Wildman–Crippen MR) is 65.1 cm³/mol. The first-order valence-corrected chi connectivity index (χ1v) is 6.34. The van der Waals surface area contributed by atoms with Crippen LogP contribution in [0.3, 0.4) is 0 Å². The Labute approximate surface area is 98.8 Å². The highest BCUT2D eigenvalue weighted by Crippen LogP contribution is 2.44. The fourth-order valence-electron chi connectivity index (χ4n) is 1.90. The van der Waals surface area contributed by atoms with Crippen molar-refractivity contribution in [2.75, 3.05) is 0 Å². The summed E-state index contributed by atoms with van der Waals surface area (Å²) in [7, 11) is 0. The Bertz CT molecular complexity index is 324. The first-order chi connectivity index (χ1) is 6.66. The molecule has 1 saturated carbocycles. The van der Waals surface area contributed by atoms with Crippen LogP contribution < -0.4 is 0 Å². The lowest BCUT2D eigenvalue weighted by Gasteiger charge is -2.08. The van der Waals surface area contributed by atoms with E-state index >= 15 is 0 Å². The van der Waals surface area contributed by atoms with Gasteiger partial charge in [-0.1, -0.05) is 46.6 Å². The minimum Gasteiger partial charge on any atom is -0.0884 e. The Kier molecular flexibility index (Phi) is 3.18. The highest BCUT2D eigenvalue weighted by Gasteiger charge is 2.37. The summed E-state index contributed by atoms with van der Waals surface area (Å²) in [5.41, 5.74) is 1.33. The molecule has 0 aromatic heterocycles. The Hall–Kier alpha value is -0.0100. The van der Waals surface area contributed by atoms with E-state index < -0.39 is 0 Å². The van der Waals surface area contributed by atoms with Crippen LogP contribution in [0.5, 0.6) is 0 Å². The highest BCUT2D eigenvalue weighted by atomic mass is 79.9. The van der Waals surface area contributed by atoms with Crippen LogP contribution in [0.4, 0.5) is 0 Å². The molecule has 14 heavy (non-hydrogen) atoms. The van der Waals surface area contributed by atoms with Crippen molar-refractivity contribution in [1.29, 1.82) is 0 Å². The Morgan fingerprint density at radius 1 is 1.57 bits per heavy atom. The average Bonchev–Trinajstić information content (AvgIpc) is 2.82. The van der Waals surface area contributed by atoms with Gasteiger partial charge in [-0.3, -0.25) is 0 Å². The summed E-state index contributed by atoms with van der Waals surface area (Å²) in [5, 5.41) is 0.839. The Morgan fingerprint density at radius 3 is 2.86 bits per heavy atom. The molecule has 0 spiro atoms. The van der Waals surface area contributed by atoms with Crippen LogP contribution in [-0.4, -0.2) is 4.83 Å². The zero-order valence-electron chi connectivity index (χ0n) is 8.21. The van der Waals surface area contributed by atoms with Gasteiger partial charge in [0.1, 0.15) is 0 Å². The van der Waals surface area contributed by atoms with E-state index in [1.807, 2.05) is 12.1 Å². The number of halogens is 2. The van der Waals surface area contributed by atoms with E-state index in [1.54, 1.807) is 0 Å². The van der Waals surface area contributed by atoms with Crippen molar-refractivity contribution in [2.24, 2.45) is 11.8 Å². The molecule has 0 saturated heterocycles. The largest absolute Gasteiger partial charge is 0.0884 e. The van der Waals surface area contributed by atoms with Gasteiger partial charge in [-0.15, -0.1) is 0 Å². The Balaban J connectivity index is 1.96. The maximum absolute atomic E-state index is 5.94. The molecule has 1 aliphatic rings. The van der Waals surface area contributed by atoms with Gasteiger partial charge >= 0.3 is 0 Å². The van der Waals surface area contributed by atoms with Gasteiger partial charge < -0.3 is 0 Å². The van der Waals surface area contributed by atoms with Crippen molar-refractivity contribution in [3.05, 3.63) is 34.9 Å². The maximum Gasteiger partial charge on any atom is 0.0408 e. The molecule has 2 heteroatoms. The van der Waals surface area contributed by atoms with E-state index in [0.29, 0.717) is 4.83 Å². The number of rotatable bonds is 3. The lowest BCUT2D eigenvalue weighted by molar-refractivity contribution is 0.701. The number of benzene rings is 1. The van der Waals surface area contributed by atoms with Crippen LogP contribution in [0.2, 0.25) is 5.02 Å². The second-order valence-corrected chi connectivity index (χ2v) is 5.84. The minimum atomic E-state index is 0.621. The molecule has 0 bridgehead atoms. The van der Waals surface area contributed by atoms with Gasteiger partial charge in [0.2, 0.25) is 0 Å². The summed E-state index contributed by atoms with van der Waals surface area (Å²) in [6.45, 7) is 2.32. The first kappa shape index (κ1) is 10.5. The van der Waals surface area contributed by atoms with Crippen molar-refractivity contribution < 1.29 is 0 Å². The molecule has 0 amide bonds. The number of alkyl halides is 1. The summed E-state index contributed by atoms with van der Waals surface area (Å²) in [6, 6.07) is 8.15. The van der Waals surface area contributed by atoms with E-state index in [-0.39, 0.29) is 0 Å². The van der Waals surface area contributed by atoms with Gasteiger partial charge in [0, 0.05) is 9.85 Å². The highest BCUT2D eigenvalue weighted by molar-refractivity contribution is 9.09. The van der Waals surface area contributed by atoms with Crippen LogP contribution in [0.15, 0.2) is 24.3 Å². The van der Waals surface area contributed by atoms with Crippen molar-refractivity contribution >= 4 is 27.5 Å². The van der Waals surface area contributed by atoms with Crippen molar-refractivity contribution in [2.45, 2.75) is 24.6 Å². The maximum atomic E-state index is 5.94. The molecule has 0 aliphatic heterocycles. The van der Waals surface area contributed by atoms with E-state index in [0.717, 1.165) is 23.3 Å². The molecule has 1 aromatic carbocycles. The summed E-state index contributed by atoms with van der Waals surface area (Å²) in [5.74, 6) is 1.77. The molecule has 0 nitrogen and oxygen atoms in total. The van der Waals surface area contributed by atoms with Gasteiger partial charge in [-0.25, -0.2) is 0 Å². The molecule has 3 unspecified atom stereocenters. The van der Waals surface area contributed by atoms with Gasteiger partial charge in [-0.05, 0) is 42.4 Å². The zero-order valence-corrected chi connectivity index (χ0v) is 10.6. The fraction of sp³-hybridized carbons (Fsp3) is 0.500. The lowest BCUT2D eigenvalue weighted by Crippen LogP contribution is -2.06. The minimum absolute atomic E-state index is 0.621. The van der Waals surface area contributed by atoms with E-state index in [2.05, 4.69) is 35.0 Å². The summed E-state index contributed by atoms with van der Waals surface area (Å²) in [4.78, 5) is 0.621. The van der Waals surface area contributed by atoms with E-state index in [1.165, 1.54) is 12.0 Å². The van der Waals surface area contributed by atoms with Crippen molar-refractivity contribution in [1.82, 2.24) is 0 Å².